The van der Waals surface area contributed by atoms with Gasteiger partial charge >= 0.3 is 0 Å². The Kier molecular flexibility index (Phi) is 6.20. The number of fused-ring (bicyclic) bond motifs is 5. The Bertz CT molecular complexity index is 1840. The Labute approximate surface area is 227 Å². The normalized spacial score (nSPS) is 11.2. The van der Waals surface area contributed by atoms with Gasteiger partial charge in [0.25, 0.3) is 0 Å². The van der Waals surface area contributed by atoms with Crippen molar-refractivity contribution in [2.45, 2.75) is 0 Å². The number of aromatic nitrogens is 1. The fraction of sp³-hybridized carbons (Fsp3) is 0.147. The third-order valence-electron chi connectivity index (χ3n) is 7.45. The van der Waals surface area contributed by atoms with Gasteiger partial charge in [-0.15, -0.1) is 0 Å². The molecule has 0 fully saturated rings. The molecule has 0 radical (unpaired) electrons. The number of hydrogen-bond donors (Lipinski definition) is 0. The van der Waals surface area contributed by atoms with Gasteiger partial charge in [0.15, 0.2) is 29.2 Å². The van der Waals surface area contributed by atoms with E-state index in [1.54, 1.807) is 28.4 Å². The molecule has 6 aromatic rings. The predicted octanol–water partition coefficient (Wildman–Crippen LogP) is 7.34. The Morgan fingerprint density at radius 2 is 1.18 bits per heavy atom. The summed E-state index contributed by atoms with van der Waals surface area (Å²) >= 11 is 0. The molecule has 0 amide bonds. The molecular formula is C34H30NO4+. The Hall–Kier alpha value is -4.77. The maximum absolute atomic E-state index is 5.90. The van der Waals surface area contributed by atoms with Crippen LogP contribution in [0.25, 0.3) is 54.7 Å². The van der Waals surface area contributed by atoms with Gasteiger partial charge in [-0.05, 0) is 51.9 Å². The van der Waals surface area contributed by atoms with Crippen molar-refractivity contribution in [3.63, 3.8) is 0 Å². The quantitative estimate of drug-likeness (QED) is 0.172. The lowest BCUT2D eigenvalue weighted by Gasteiger charge is -2.17. The zero-order chi connectivity index (χ0) is 27.1. The number of rotatable bonds is 6. The number of aryl methyl sites for hydroxylation is 1. The molecule has 194 valence electrons. The van der Waals surface area contributed by atoms with Crippen LogP contribution in [0.4, 0.5) is 0 Å². The first-order valence-corrected chi connectivity index (χ1v) is 12.8. The highest BCUT2D eigenvalue weighted by atomic mass is 16.5. The Morgan fingerprint density at radius 3 is 1.85 bits per heavy atom. The van der Waals surface area contributed by atoms with Crippen LogP contribution in [0.5, 0.6) is 23.0 Å². The van der Waals surface area contributed by atoms with E-state index >= 15 is 0 Å². The molecule has 0 aliphatic carbocycles. The van der Waals surface area contributed by atoms with Crippen molar-refractivity contribution in [3.8, 4) is 45.3 Å². The van der Waals surface area contributed by atoms with E-state index in [1.807, 2.05) is 12.1 Å². The van der Waals surface area contributed by atoms with Crippen molar-refractivity contribution >= 4 is 32.4 Å². The van der Waals surface area contributed by atoms with Crippen LogP contribution >= 0.6 is 0 Å². The molecular weight excluding hydrogens is 486 g/mol. The van der Waals surface area contributed by atoms with Crippen LogP contribution in [0.2, 0.25) is 0 Å². The molecule has 39 heavy (non-hydrogen) atoms. The van der Waals surface area contributed by atoms with Gasteiger partial charge in [0.05, 0.1) is 44.6 Å². The van der Waals surface area contributed by atoms with E-state index in [9.17, 15) is 0 Å². The minimum atomic E-state index is 0.693. The number of hydrogen-bond acceptors (Lipinski definition) is 4. The minimum absolute atomic E-state index is 0.693. The van der Waals surface area contributed by atoms with Crippen molar-refractivity contribution in [2.24, 2.45) is 7.05 Å². The van der Waals surface area contributed by atoms with Crippen LogP contribution in [0.15, 0.2) is 91.1 Å². The van der Waals surface area contributed by atoms with Crippen LogP contribution in [0.3, 0.4) is 0 Å². The first-order valence-electron chi connectivity index (χ1n) is 12.8. The van der Waals surface area contributed by atoms with Crippen molar-refractivity contribution in [2.75, 3.05) is 28.4 Å². The third-order valence-corrected chi connectivity index (χ3v) is 7.45. The average molecular weight is 517 g/mol. The van der Waals surface area contributed by atoms with Gasteiger partial charge in [0.1, 0.15) is 7.05 Å². The summed E-state index contributed by atoms with van der Waals surface area (Å²) in [5.74, 6) is 2.81. The van der Waals surface area contributed by atoms with Gasteiger partial charge in [0.2, 0.25) is 5.52 Å². The average Bonchev–Trinajstić information content (AvgIpc) is 2.99. The zero-order valence-electron chi connectivity index (χ0n) is 22.7. The van der Waals surface area contributed by atoms with Crippen LogP contribution < -0.4 is 23.5 Å². The second kappa shape index (κ2) is 9.84. The van der Waals surface area contributed by atoms with Gasteiger partial charge in [-0.25, -0.2) is 0 Å². The highest BCUT2D eigenvalue weighted by molar-refractivity contribution is 6.19. The molecule has 5 aromatic carbocycles. The Balaban J connectivity index is 1.70. The predicted molar refractivity (Wildman–Crippen MR) is 157 cm³/mol. The highest BCUT2D eigenvalue weighted by Gasteiger charge is 2.24. The summed E-state index contributed by atoms with van der Waals surface area (Å²) in [5, 5.41) is 5.34. The smallest absolute Gasteiger partial charge is 0.220 e. The lowest BCUT2D eigenvalue weighted by atomic mass is 9.92. The largest absolute Gasteiger partial charge is 0.493 e. The number of nitrogens with zero attached hydrogens (tertiary/aromatic N) is 1. The molecule has 0 saturated carbocycles. The molecule has 0 spiro atoms. The molecule has 0 bridgehead atoms. The summed E-state index contributed by atoms with van der Waals surface area (Å²) in [5.41, 5.74) is 5.63. The van der Waals surface area contributed by atoms with Crippen LogP contribution in [0.1, 0.15) is 0 Å². The molecule has 0 unspecified atom stereocenters. The topological polar surface area (TPSA) is 40.8 Å². The summed E-state index contributed by atoms with van der Waals surface area (Å²) in [6, 6.07) is 29.6. The molecule has 0 aliphatic rings. The van der Waals surface area contributed by atoms with Gasteiger partial charge in [-0.3, -0.25) is 0 Å². The zero-order valence-corrected chi connectivity index (χ0v) is 22.7. The molecule has 1 aromatic heterocycles. The van der Waals surface area contributed by atoms with E-state index in [4.69, 9.17) is 18.9 Å². The van der Waals surface area contributed by atoms with Gasteiger partial charge in [-0.1, -0.05) is 60.7 Å². The van der Waals surface area contributed by atoms with Crippen LogP contribution in [0, 0.1) is 0 Å². The number of ether oxygens (including phenoxy) is 4. The molecule has 0 N–H and O–H groups in total. The molecule has 0 atom stereocenters. The number of methoxy groups -OCH3 is 4. The fourth-order valence-corrected chi connectivity index (χ4v) is 5.61. The molecule has 5 nitrogen and oxygen atoms in total. The third kappa shape index (κ3) is 3.98. The van der Waals surface area contributed by atoms with Crippen molar-refractivity contribution in [3.05, 3.63) is 91.1 Å². The van der Waals surface area contributed by atoms with Crippen LogP contribution in [-0.2, 0) is 7.05 Å². The second-order valence-electron chi connectivity index (χ2n) is 9.52. The maximum Gasteiger partial charge on any atom is 0.220 e. The van der Waals surface area contributed by atoms with Crippen molar-refractivity contribution < 1.29 is 23.5 Å². The van der Waals surface area contributed by atoms with Gasteiger partial charge in [-0.2, -0.15) is 4.57 Å². The van der Waals surface area contributed by atoms with Gasteiger partial charge < -0.3 is 18.9 Å². The lowest BCUT2D eigenvalue weighted by molar-refractivity contribution is -0.642. The monoisotopic (exact) mass is 516 g/mol. The first kappa shape index (κ1) is 24.6. The van der Waals surface area contributed by atoms with Crippen molar-refractivity contribution in [1.29, 1.82) is 0 Å². The summed E-state index contributed by atoms with van der Waals surface area (Å²) in [4.78, 5) is 0. The highest BCUT2D eigenvalue weighted by Crippen LogP contribution is 2.45. The van der Waals surface area contributed by atoms with E-state index in [2.05, 4.69) is 90.6 Å². The summed E-state index contributed by atoms with van der Waals surface area (Å²) in [7, 11) is 8.75. The first-order chi connectivity index (χ1) is 19.1. The van der Waals surface area contributed by atoms with E-state index in [0.717, 1.165) is 43.6 Å². The van der Waals surface area contributed by atoms with Crippen LogP contribution in [-0.4, -0.2) is 28.4 Å². The summed E-state index contributed by atoms with van der Waals surface area (Å²) < 4.78 is 25.1. The number of pyridine rings is 1. The fourth-order valence-electron chi connectivity index (χ4n) is 5.61. The molecule has 1 heterocycles. The van der Waals surface area contributed by atoms with E-state index in [-0.39, 0.29) is 0 Å². The Morgan fingerprint density at radius 1 is 0.538 bits per heavy atom. The molecule has 6 rings (SSSR count). The maximum atomic E-state index is 5.90. The van der Waals surface area contributed by atoms with Gasteiger partial charge in [0, 0.05) is 5.39 Å². The second-order valence-corrected chi connectivity index (χ2v) is 9.52. The van der Waals surface area contributed by atoms with E-state index in [1.165, 1.54) is 11.1 Å². The van der Waals surface area contributed by atoms with E-state index in [0.29, 0.717) is 23.0 Å². The summed E-state index contributed by atoms with van der Waals surface area (Å²) in [6.07, 6.45) is 2.12. The molecule has 5 heteroatoms. The minimum Gasteiger partial charge on any atom is -0.493 e. The molecule has 0 saturated heterocycles. The summed E-state index contributed by atoms with van der Waals surface area (Å²) in [6.45, 7) is 0. The van der Waals surface area contributed by atoms with E-state index < -0.39 is 0 Å². The molecule has 0 aliphatic heterocycles. The number of benzene rings is 5. The SMILES string of the molecule is COc1cc2ccc3c4c(-c5ccc(-c6ccccc6)cc5)cc(OC)c(OC)c4c[n+](C)c3c2cc1OC. The lowest BCUT2D eigenvalue weighted by Crippen LogP contribution is -2.28. The standard InChI is InChI=1S/C34H30NO4/c1-35-20-28-32(25-16-15-24-17-29(36-2)30(37-3)19-27(24)33(25)35)26(18-31(38-4)34(28)39-5)23-13-11-22(12-14-23)21-9-7-6-8-10-21/h6-20H,1-5H3/q+1. The van der Waals surface area contributed by atoms with Crippen molar-refractivity contribution in [1.82, 2.24) is 0 Å².